The van der Waals surface area contributed by atoms with Crippen molar-refractivity contribution in [1.29, 1.82) is 0 Å². The van der Waals surface area contributed by atoms with Gasteiger partial charge in [-0.2, -0.15) is 18.2 Å². The van der Waals surface area contributed by atoms with E-state index in [1.54, 1.807) is 0 Å². The topological polar surface area (TPSA) is 78.2 Å². The Morgan fingerprint density at radius 3 is 2.70 bits per heavy atom. The van der Waals surface area contributed by atoms with Crippen molar-refractivity contribution in [2.75, 3.05) is 0 Å². The van der Waals surface area contributed by atoms with E-state index < -0.39 is 17.3 Å². The van der Waals surface area contributed by atoms with Crippen LogP contribution in [0.4, 0.5) is 13.2 Å². The molecule has 1 aliphatic carbocycles. The molecule has 1 aliphatic rings. The van der Waals surface area contributed by atoms with Crippen LogP contribution < -0.4 is 5.56 Å². The first-order chi connectivity index (χ1) is 12.9. The molecule has 3 heterocycles. The van der Waals surface area contributed by atoms with Gasteiger partial charge in [-0.3, -0.25) is 9.20 Å². The molecular formula is C17H12F3N5O2. The SMILES string of the molecule is Cn1c(=O)c2c(-c3noc(C4CC4)n3)ncn2c2cccc(C(F)(F)F)c21. The summed E-state index contributed by atoms with van der Waals surface area (Å²) in [6, 6.07) is 3.76. The highest BCUT2D eigenvalue weighted by atomic mass is 19.4. The van der Waals surface area contributed by atoms with Crippen molar-refractivity contribution in [2.24, 2.45) is 7.05 Å². The second-order valence-corrected chi connectivity index (χ2v) is 6.58. The Labute approximate surface area is 149 Å². The number of nitrogens with zero attached hydrogens (tertiary/aromatic N) is 5. The third kappa shape index (κ3) is 2.29. The van der Waals surface area contributed by atoms with Crippen LogP contribution in [-0.2, 0) is 13.2 Å². The van der Waals surface area contributed by atoms with Gasteiger partial charge in [-0.15, -0.1) is 0 Å². The number of hydrogen-bond donors (Lipinski definition) is 0. The summed E-state index contributed by atoms with van der Waals surface area (Å²) in [7, 11) is 1.31. The lowest BCUT2D eigenvalue weighted by molar-refractivity contribution is -0.136. The lowest BCUT2D eigenvalue weighted by atomic mass is 10.1. The Kier molecular flexibility index (Phi) is 3.08. The van der Waals surface area contributed by atoms with E-state index in [1.807, 2.05) is 0 Å². The summed E-state index contributed by atoms with van der Waals surface area (Å²) in [5.41, 5.74) is -1.21. The summed E-state index contributed by atoms with van der Waals surface area (Å²) in [6.07, 6.45) is -1.34. The predicted octanol–water partition coefficient (Wildman–Crippen LogP) is 3.13. The van der Waals surface area contributed by atoms with Gasteiger partial charge >= 0.3 is 6.18 Å². The van der Waals surface area contributed by atoms with E-state index in [-0.39, 0.29) is 34.0 Å². The number of alkyl halides is 3. The molecule has 7 nitrogen and oxygen atoms in total. The van der Waals surface area contributed by atoms with Crippen LogP contribution >= 0.6 is 0 Å². The highest BCUT2D eigenvalue weighted by Gasteiger charge is 2.35. The second kappa shape index (κ2) is 5.18. The van der Waals surface area contributed by atoms with Gasteiger partial charge in [-0.05, 0) is 25.0 Å². The van der Waals surface area contributed by atoms with E-state index in [0.29, 0.717) is 5.89 Å². The summed E-state index contributed by atoms with van der Waals surface area (Å²) in [6.45, 7) is 0. The maximum Gasteiger partial charge on any atom is 0.418 e. The summed E-state index contributed by atoms with van der Waals surface area (Å²) >= 11 is 0. The van der Waals surface area contributed by atoms with Gasteiger partial charge in [0.2, 0.25) is 11.7 Å². The zero-order valence-corrected chi connectivity index (χ0v) is 14.0. The van der Waals surface area contributed by atoms with E-state index in [4.69, 9.17) is 4.52 Å². The normalized spacial score (nSPS) is 15.1. The molecule has 5 rings (SSSR count). The average Bonchev–Trinajstić information content (AvgIpc) is 3.19. The zero-order chi connectivity index (χ0) is 18.9. The molecule has 0 atom stereocenters. The second-order valence-electron chi connectivity index (χ2n) is 6.58. The minimum Gasteiger partial charge on any atom is -0.339 e. The molecule has 1 fully saturated rings. The van der Waals surface area contributed by atoms with Gasteiger partial charge in [0.15, 0.2) is 0 Å². The Balaban J connectivity index is 1.83. The van der Waals surface area contributed by atoms with Crippen LogP contribution in [0.25, 0.3) is 28.1 Å². The van der Waals surface area contributed by atoms with Gasteiger partial charge in [-0.25, -0.2) is 4.98 Å². The standard InChI is InChI=1S/C17H12F3N5O2/c1-24-12-9(17(18,19)20)3-2-4-10(12)25-7-21-11(13(25)16(24)26)14-22-15(27-23-14)8-5-6-8/h2-4,7-8H,5-6H2,1H3. The number of aromatic nitrogens is 5. The first kappa shape index (κ1) is 16.0. The van der Waals surface area contributed by atoms with E-state index in [2.05, 4.69) is 15.1 Å². The summed E-state index contributed by atoms with van der Waals surface area (Å²) < 4.78 is 47.8. The third-order valence-corrected chi connectivity index (χ3v) is 4.77. The monoisotopic (exact) mass is 375 g/mol. The number of benzene rings is 1. The number of para-hydroxylation sites is 1. The lowest BCUT2D eigenvalue weighted by Gasteiger charge is -2.14. The minimum atomic E-state index is -4.59. The molecule has 3 aromatic heterocycles. The van der Waals surface area contributed by atoms with E-state index in [1.165, 1.54) is 29.9 Å². The first-order valence-corrected chi connectivity index (χ1v) is 8.26. The molecule has 27 heavy (non-hydrogen) atoms. The van der Waals surface area contributed by atoms with Crippen LogP contribution in [-0.4, -0.2) is 24.1 Å². The fraction of sp³-hybridized carbons (Fsp3) is 0.294. The largest absolute Gasteiger partial charge is 0.418 e. The van der Waals surface area contributed by atoms with E-state index in [9.17, 15) is 18.0 Å². The van der Waals surface area contributed by atoms with Crippen LogP contribution in [0.15, 0.2) is 33.8 Å². The molecule has 0 spiro atoms. The number of fused-ring (bicyclic) bond motifs is 3. The Morgan fingerprint density at radius 2 is 2.00 bits per heavy atom. The quantitative estimate of drug-likeness (QED) is 0.538. The molecule has 1 aromatic carbocycles. The van der Waals surface area contributed by atoms with Crippen molar-refractivity contribution in [3.05, 3.63) is 46.3 Å². The highest BCUT2D eigenvalue weighted by molar-refractivity contribution is 5.86. The molecule has 0 aliphatic heterocycles. The van der Waals surface area contributed by atoms with Gasteiger partial charge in [0.1, 0.15) is 17.5 Å². The van der Waals surface area contributed by atoms with Crippen molar-refractivity contribution >= 4 is 16.6 Å². The smallest absolute Gasteiger partial charge is 0.339 e. The van der Waals surface area contributed by atoms with Crippen LogP contribution in [0, 0.1) is 0 Å². The van der Waals surface area contributed by atoms with Crippen molar-refractivity contribution in [3.8, 4) is 11.5 Å². The molecule has 138 valence electrons. The van der Waals surface area contributed by atoms with Crippen molar-refractivity contribution in [3.63, 3.8) is 0 Å². The summed E-state index contributed by atoms with van der Waals surface area (Å²) in [4.78, 5) is 21.4. The molecule has 10 heteroatoms. The first-order valence-electron chi connectivity index (χ1n) is 8.26. The van der Waals surface area contributed by atoms with Gasteiger partial charge in [0.05, 0.1) is 16.6 Å². The van der Waals surface area contributed by atoms with Crippen LogP contribution in [0.3, 0.4) is 0 Å². The van der Waals surface area contributed by atoms with Crippen LogP contribution in [0.5, 0.6) is 0 Å². The maximum absolute atomic E-state index is 13.4. The van der Waals surface area contributed by atoms with Crippen molar-refractivity contribution < 1.29 is 17.7 Å². The Bertz CT molecular complexity index is 1260. The lowest BCUT2D eigenvalue weighted by Crippen LogP contribution is -2.22. The molecule has 0 N–H and O–H groups in total. The number of aryl methyl sites for hydroxylation is 1. The summed E-state index contributed by atoms with van der Waals surface area (Å²) in [5, 5.41) is 3.89. The molecular weight excluding hydrogens is 363 g/mol. The molecule has 0 bridgehead atoms. The molecule has 0 radical (unpaired) electrons. The van der Waals surface area contributed by atoms with Crippen LogP contribution in [0.1, 0.15) is 30.2 Å². The molecule has 0 amide bonds. The molecule has 4 aromatic rings. The number of imidazole rings is 1. The van der Waals surface area contributed by atoms with E-state index >= 15 is 0 Å². The Hall–Kier alpha value is -3.17. The highest BCUT2D eigenvalue weighted by Crippen LogP contribution is 2.40. The van der Waals surface area contributed by atoms with E-state index in [0.717, 1.165) is 23.5 Å². The average molecular weight is 375 g/mol. The summed E-state index contributed by atoms with van der Waals surface area (Å²) in [5.74, 6) is 0.879. The van der Waals surface area contributed by atoms with Gasteiger partial charge in [-0.1, -0.05) is 11.2 Å². The predicted molar refractivity (Wildman–Crippen MR) is 88.2 cm³/mol. The van der Waals surface area contributed by atoms with Gasteiger partial charge in [0.25, 0.3) is 5.56 Å². The van der Waals surface area contributed by atoms with Crippen molar-refractivity contribution in [2.45, 2.75) is 24.9 Å². The fourth-order valence-electron chi connectivity index (χ4n) is 3.29. The van der Waals surface area contributed by atoms with Crippen molar-refractivity contribution in [1.82, 2.24) is 24.1 Å². The van der Waals surface area contributed by atoms with Gasteiger partial charge < -0.3 is 9.09 Å². The number of rotatable bonds is 2. The van der Waals surface area contributed by atoms with Gasteiger partial charge in [0, 0.05) is 13.0 Å². The zero-order valence-electron chi connectivity index (χ0n) is 14.0. The molecule has 0 saturated heterocycles. The third-order valence-electron chi connectivity index (χ3n) is 4.77. The molecule has 1 saturated carbocycles. The fourth-order valence-corrected chi connectivity index (χ4v) is 3.29. The molecule has 0 unspecified atom stereocenters. The minimum absolute atomic E-state index is 0.104. The number of halogens is 3. The maximum atomic E-state index is 13.4. The number of hydrogen-bond acceptors (Lipinski definition) is 5. The van der Waals surface area contributed by atoms with Crippen LogP contribution in [0.2, 0.25) is 0 Å². The Morgan fingerprint density at radius 1 is 1.22 bits per heavy atom.